The first-order chi connectivity index (χ1) is 15.4. The van der Waals surface area contributed by atoms with E-state index >= 15 is 0 Å². The summed E-state index contributed by atoms with van der Waals surface area (Å²) >= 11 is 2.54. The van der Waals surface area contributed by atoms with E-state index in [0.717, 1.165) is 27.8 Å². The van der Waals surface area contributed by atoms with Crippen molar-refractivity contribution in [2.75, 3.05) is 5.32 Å². The molecule has 4 rings (SSSR count). The molecule has 0 aliphatic heterocycles. The van der Waals surface area contributed by atoms with Gasteiger partial charge in [-0.3, -0.25) is 14.4 Å². The molecule has 162 valence electrons. The van der Waals surface area contributed by atoms with Gasteiger partial charge in [0.05, 0.1) is 16.3 Å². The maximum absolute atomic E-state index is 12.9. The Hall–Kier alpha value is -3.43. The van der Waals surface area contributed by atoms with Crippen molar-refractivity contribution < 1.29 is 14.7 Å². The van der Waals surface area contributed by atoms with Crippen molar-refractivity contribution in [1.82, 2.24) is 9.97 Å². The third kappa shape index (κ3) is 4.30. The van der Waals surface area contributed by atoms with Crippen molar-refractivity contribution in [3.63, 3.8) is 0 Å². The minimum absolute atomic E-state index is 0.142. The average molecular weight is 466 g/mol. The number of carbonyl (C=O) groups excluding carboxylic acids is 2. The number of H-pyrrole nitrogens is 1. The van der Waals surface area contributed by atoms with Crippen molar-refractivity contribution >= 4 is 51.2 Å². The van der Waals surface area contributed by atoms with Crippen LogP contribution in [0.25, 0.3) is 21.3 Å². The number of nitrogens with zero attached hydrogens (tertiary/aromatic N) is 1. The minimum atomic E-state index is -0.621. The van der Waals surface area contributed by atoms with Crippen LogP contribution in [0.5, 0.6) is 5.75 Å². The van der Waals surface area contributed by atoms with E-state index in [9.17, 15) is 19.5 Å². The molecule has 7 nitrogen and oxygen atoms in total. The fraction of sp³-hybridized carbons (Fsp3) is 0.130. The molecule has 9 heteroatoms. The second-order valence-electron chi connectivity index (χ2n) is 7.09. The average Bonchev–Trinajstić information content (AvgIpc) is 3.12. The highest BCUT2D eigenvalue weighted by molar-refractivity contribution is 8.00. The van der Waals surface area contributed by atoms with Gasteiger partial charge in [0.1, 0.15) is 16.9 Å². The summed E-state index contributed by atoms with van der Waals surface area (Å²) < 4.78 is 0. The highest BCUT2D eigenvalue weighted by Gasteiger charge is 2.20. The van der Waals surface area contributed by atoms with Gasteiger partial charge >= 0.3 is 0 Å². The van der Waals surface area contributed by atoms with Crippen molar-refractivity contribution in [2.24, 2.45) is 0 Å². The van der Waals surface area contributed by atoms with Crippen LogP contribution in [0.1, 0.15) is 22.2 Å². The molecular formula is C23H19N3O4S2. The van der Waals surface area contributed by atoms with Gasteiger partial charge in [0.2, 0.25) is 5.91 Å². The third-order valence-electron chi connectivity index (χ3n) is 4.85. The molecule has 1 atom stereocenters. The molecule has 32 heavy (non-hydrogen) atoms. The molecule has 0 saturated heterocycles. The minimum Gasteiger partial charge on any atom is -0.506 e. The summed E-state index contributed by atoms with van der Waals surface area (Å²) in [5.74, 6) is -0.542. The molecule has 1 amide bonds. The fourth-order valence-corrected chi connectivity index (χ4v) is 5.19. The van der Waals surface area contributed by atoms with Crippen LogP contribution in [0.15, 0.2) is 58.5 Å². The predicted octanol–water partition coefficient (Wildman–Crippen LogP) is 4.60. The Morgan fingerprint density at radius 2 is 2.00 bits per heavy atom. The van der Waals surface area contributed by atoms with Crippen molar-refractivity contribution in [3.05, 3.63) is 69.3 Å². The number of aldehydes is 1. The van der Waals surface area contributed by atoms with E-state index in [4.69, 9.17) is 0 Å². The lowest BCUT2D eigenvalue weighted by Crippen LogP contribution is -2.23. The molecule has 0 fully saturated rings. The lowest BCUT2D eigenvalue weighted by atomic mass is 10.0. The van der Waals surface area contributed by atoms with Crippen LogP contribution in [0.2, 0.25) is 0 Å². The topological polar surface area (TPSA) is 112 Å². The predicted molar refractivity (Wildman–Crippen MR) is 128 cm³/mol. The van der Waals surface area contributed by atoms with Crippen LogP contribution in [0.3, 0.4) is 0 Å². The number of aromatic nitrogens is 2. The normalized spacial score (nSPS) is 11.9. The standard InChI is InChI=1S/C23H19N3O4S2/c1-12-18(15-6-4-3-5-7-15)19-21(30)25-23(26-22(19)31-12)32-13(2)20(29)24-16-10-14(11-27)8-9-17(16)28/h3-11,13,28H,1-2H3,(H,24,29)(H,25,26,30). The van der Waals surface area contributed by atoms with Gasteiger partial charge in [-0.1, -0.05) is 42.1 Å². The number of aromatic amines is 1. The monoisotopic (exact) mass is 465 g/mol. The number of rotatable bonds is 6. The van der Waals surface area contributed by atoms with E-state index in [1.807, 2.05) is 37.3 Å². The molecule has 2 aromatic carbocycles. The smallest absolute Gasteiger partial charge is 0.260 e. The zero-order chi connectivity index (χ0) is 22.8. The number of aromatic hydroxyl groups is 1. The van der Waals surface area contributed by atoms with Gasteiger partial charge < -0.3 is 15.4 Å². The molecule has 1 unspecified atom stereocenters. The van der Waals surface area contributed by atoms with Crippen molar-refractivity contribution in [1.29, 1.82) is 0 Å². The zero-order valence-electron chi connectivity index (χ0n) is 17.2. The Labute approximate surface area is 191 Å². The van der Waals surface area contributed by atoms with Crippen molar-refractivity contribution in [3.8, 4) is 16.9 Å². The highest BCUT2D eigenvalue weighted by Crippen LogP contribution is 2.36. The van der Waals surface area contributed by atoms with Gasteiger partial charge in [-0.05, 0) is 37.6 Å². The number of phenolic OH excluding ortho intramolecular Hbond substituents is 1. The molecule has 2 heterocycles. The number of phenols is 1. The number of anilines is 1. The second kappa shape index (κ2) is 8.97. The summed E-state index contributed by atoms with van der Waals surface area (Å²) in [6.45, 7) is 3.62. The van der Waals surface area contributed by atoms with Gasteiger partial charge in [0.25, 0.3) is 5.56 Å². The first-order valence-corrected chi connectivity index (χ1v) is 11.4. The number of carbonyl (C=O) groups is 2. The molecule has 2 aromatic heterocycles. The zero-order valence-corrected chi connectivity index (χ0v) is 18.8. The maximum Gasteiger partial charge on any atom is 0.260 e. The van der Waals surface area contributed by atoms with Gasteiger partial charge in [-0.2, -0.15) is 0 Å². The summed E-state index contributed by atoms with van der Waals surface area (Å²) in [6, 6.07) is 13.9. The number of nitrogens with one attached hydrogen (secondary N) is 2. The summed E-state index contributed by atoms with van der Waals surface area (Å²) in [5, 5.41) is 12.8. The SMILES string of the molecule is Cc1sc2nc(SC(C)C(=O)Nc3cc(C=O)ccc3O)[nH]c(=O)c2c1-c1ccccc1. The fourth-order valence-electron chi connectivity index (χ4n) is 3.29. The molecule has 0 aliphatic carbocycles. The van der Waals surface area contributed by atoms with Crippen LogP contribution >= 0.6 is 23.1 Å². The second-order valence-corrected chi connectivity index (χ2v) is 9.63. The summed E-state index contributed by atoms with van der Waals surface area (Å²) in [7, 11) is 0. The van der Waals surface area contributed by atoms with E-state index in [1.165, 1.54) is 29.5 Å². The summed E-state index contributed by atoms with van der Waals surface area (Å²) in [5.41, 5.74) is 2.04. The largest absolute Gasteiger partial charge is 0.506 e. The third-order valence-corrected chi connectivity index (χ3v) is 6.83. The number of hydrogen-bond donors (Lipinski definition) is 3. The van der Waals surface area contributed by atoms with Crippen LogP contribution in [-0.2, 0) is 4.79 Å². The molecule has 0 aliphatic rings. The Bertz CT molecular complexity index is 1380. The Balaban J connectivity index is 1.59. The lowest BCUT2D eigenvalue weighted by molar-refractivity contribution is -0.115. The first kappa shape index (κ1) is 21.8. The van der Waals surface area contributed by atoms with Gasteiger partial charge in [-0.25, -0.2) is 4.98 Å². The Kier molecular flexibility index (Phi) is 6.11. The number of benzene rings is 2. The Morgan fingerprint density at radius 1 is 1.25 bits per heavy atom. The van der Waals surface area contributed by atoms with Crippen molar-refractivity contribution in [2.45, 2.75) is 24.3 Å². The molecule has 0 radical (unpaired) electrons. The van der Waals surface area contributed by atoms with E-state index < -0.39 is 11.2 Å². The number of thioether (sulfide) groups is 1. The molecular weight excluding hydrogens is 446 g/mol. The summed E-state index contributed by atoms with van der Waals surface area (Å²) in [6.07, 6.45) is 0.629. The molecule has 0 saturated carbocycles. The Morgan fingerprint density at radius 3 is 2.72 bits per heavy atom. The van der Waals surface area contributed by atoms with E-state index in [-0.39, 0.29) is 17.0 Å². The van der Waals surface area contributed by atoms with Crippen LogP contribution < -0.4 is 10.9 Å². The highest BCUT2D eigenvalue weighted by atomic mass is 32.2. The van der Waals surface area contributed by atoms with Crippen LogP contribution in [-0.4, -0.2) is 32.5 Å². The number of hydrogen-bond acceptors (Lipinski definition) is 7. The molecule has 3 N–H and O–H groups in total. The molecule has 0 bridgehead atoms. The molecule has 4 aromatic rings. The number of aryl methyl sites for hydroxylation is 1. The van der Waals surface area contributed by atoms with Gasteiger partial charge in [-0.15, -0.1) is 11.3 Å². The van der Waals surface area contributed by atoms with Gasteiger partial charge in [0, 0.05) is 16.0 Å². The maximum atomic E-state index is 12.9. The number of fused-ring (bicyclic) bond motifs is 1. The molecule has 0 spiro atoms. The van der Waals surface area contributed by atoms with E-state index in [2.05, 4.69) is 15.3 Å². The number of thiophene rings is 1. The van der Waals surface area contributed by atoms with E-state index in [0.29, 0.717) is 27.2 Å². The van der Waals surface area contributed by atoms with Crippen LogP contribution in [0, 0.1) is 6.92 Å². The first-order valence-electron chi connectivity index (χ1n) is 9.72. The number of amides is 1. The lowest BCUT2D eigenvalue weighted by Gasteiger charge is -2.12. The van der Waals surface area contributed by atoms with Gasteiger partial charge in [0.15, 0.2) is 5.16 Å². The van der Waals surface area contributed by atoms with E-state index in [1.54, 1.807) is 6.92 Å². The summed E-state index contributed by atoms with van der Waals surface area (Å²) in [4.78, 5) is 45.4. The quantitative estimate of drug-likeness (QED) is 0.166. The van der Waals surface area contributed by atoms with Crippen LogP contribution in [0.4, 0.5) is 5.69 Å².